The number of unbranched alkanes of at least 4 members (excludes halogenated alkanes) is 44. The van der Waals surface area contributed by atoms with Crippen LogP contribution in [0.5, 0.6) is 0 Å². The fraction of sp³-hybridized carbons (Fsp3) is 0.936. The number of carbonyl (C=O) groups is 1. The largest absolute Gasteiger partial charge is 0.394 e. The van der Waals surface area contributed by atoms with Crippen molar-refractivity contribution in [3.63, 3.8) is 0 Å². The Kier molecular flexibility index (Phi) is 55.0. The highest BCUT2D eigenvalue weighted by Gasteiger charge is 2.54. The third-order valence-corrected chi connectivity index (χ3v) is 20.3. The average molecular weight is 1390 g/mol. The fourth-order valence-electron chi connectivity index (χ4n) is 13.8. The topological polar surface area (TPSA) is 307 Å². The van der Waals surface area contributed by atoms with Gasteiger partial charge in [-0.3, -0.25) is 4.79 Å². The lowest BCUT2D eigenvalue weighted by atomic mass is 9.96. The quantitative estimate of drug-likeness (QED) is 0.0199. The summed E-state index contributed by atoms with van der Waals surface area (Å²) < 4.78 is 34.5. The van der Waals surface area contributed by atoms with E-state index in [1.54, 1.807) is 0 Å². The molecule has 3 saturated heterocycles. The molecule has 3 aliphatic heterocycles. The minimum absolute atomic E-state index is 0.236. The summed E-state index contributed by atoms with van der Waals surface area (Å²) in [7, 11) is 0. The molecule has 3 heterocycles. The van der Waals surface area contributed by atoms with Crippen molar-refractivity contribution in [3.05, 3.63) is 24.3 Å². The van der Waals surface area contributed by atoms with Gasteiger partial charge in [-0.1, -0.05) is 308 Å². The second-order valence-electron chi connectivity index (χ2n) is 28.9. The Morgan fingerprint density at radius 2 is 0.680 bits per heavy atom. The minimum Gasteiger partial charge on any atom is -0.394 e. The van der Waals surface area contributed by atoms with E-state index in [1.807, 2.05) is 0 Å². The summed E-state index contributed by atoms with van der Waals surface area (Å²) in [6.07, 6.45) is 44.3. The van der Waals surface area contributed by atoms with Gasteiger partial charge in [-0.25, -0.2) is 0 Å². The van der Waals surface area contributed by atoms with E-state index in [1.165, 1.54) is 250 Å². The predicted octanol–water partition coefficient (Wildman–Crippen LogP) is 13.0. The van der Waals surface area contributed by atoms with Crippen LogP contribution in [-0.4, -0.2) is 193 Å². The van der Waals surface area contributed by atoms with Crippen molar-refractivity contribution in [1.29, 1.82) is 0 Å². The van der Waals surface area contributed by atoms with E-state index in [4.69, 9.17) is 28.4 Å². The van der Waals surface area contributed by atoms with Gasteiger partial charge in [0.25, 0.3) is 0 Å². The first kappa shape index (κ1) is 89.5. The number of rotatable bonds is 64. The minimum atomic E-state index is -1.97. The Bertz CT molecular complexity index is 1850. The Labute approximate surface area is 588 Å². The fourth-order valence-corrected chi connectivity index (χ4v) is 13.8. The third kappa shape index (κ3) is 40.2. The van der Waals surface area contributed by atoms with Crippen LogP contribution >= 0.6 is 0 Å². The molecule has 97 heavy (non-hydrogen) atoms. The molecule has 19 nitrogen and oxygen atoms in total. The van der Waals surface area contributed by atoms with Crippen molar-refractivity contribution in [3.8, 4) is 0 Å². The number of aliphatic hydroxyl groups excluding tert-OH is 11. The Morgan fingerprint density at radius 3 is 1.05 bits per heavy atom. The molecule has 3 rings (SSSR count). The van der Waals surface area contributed by atoms with Crippen molar-refractivity contribution in [2.24, 2.45) is 0 Å². The van der Waals surface area contributed by atoms with E-state index in [2.05, 4.69) is 43.5 Å². The third-order valence-electron chi connectivity index (χ3n) is 20.3. The molecule has 19 heteroatoms. The molecule has 12 N–H and O–H groups in total. The Hall–Kier alpha value is -1.73. The van der Waals surface area contributed by atoms with Crippen LogP contribution < -0.4 is 5.32 Å². The summed E-state index contributed by atoms with van der Waals surface area (Å²) in [5.41, 5.74) is 0. The lowest BCUT2D eigenvalue weighted by Gasteiger charge is -2.48. The molecule has 0 bridgehead atoms. The zero-order valence-corrected chi connectivity index (χ0v) is 61.1. The highest BCUT2D eigenvalue weighted by atomic mass is 16.8. The van der Waals surface area contributed by atoms with Crippen molar-refractivity contribution in [2.45, 2.75) is 439 Å². The van der Waals surface area contributed by atoms with Gasteiger partial charge in [0, 0.05) is 6.42 Å². The summed E-state index contributed by atoms with van der Waals surface area (Å²) >= 11 is 0. The van der Waals surface area contributed by atoms with Crippen LogP contribution in [0.4, 0.5) is 0 Å². The highest BCUT2D eigenvalue weighted by Crippen LogP contribution is 2.33. The van der Waals surface area contributed by atoms with Crippen LogP contribution in [0.2, 0.25) is 0 Å². The standard InChI is InChI=1S/C78H147NO18/c1-3-5-7-9-11-13-15-17-19-20-21-22-23-24-25-26-27-28-29-30-31-32-33-34-35-36-37-38-39-40-42-44-46-48-50-52-54-56-66(84)79-61(62(83)55-53-51-49-47-45-43-41-18-16-14-12-10-8-6-4-2)60-92-76-72(90)69(87)74(64(58-81)94-76)97-78-73(91)70(88)75(65(59-82)95-78)96-77-71(89)68(86)67(85)63(57-80)93-77/h15,17,20-21,61-65,67-78,80-83,85-91H,3-14,16,18-19,22-60H2,1-2H3,(H,79,84)/b17-15-,21-20-. The molecule has 3 fully saturated rings. The first-order valence-electron chi connectivity index (χ1n) is 40.1. The number of ether oxygens (including phenoxy) is 6. The van der Waals surface area contributed by atoms with Gasteiger partial charge in [0.1, 0.15) is 73.2 Å². The summed E-state index contributed by atoms with van der Waals surface area (Å²) in [5, 5.41) is 121. The molecule has 17 atom stereocenters. The Balaban J connectivity index is 1.30. The first-order chi connectivity index (χ1) is 47.3. The van der Waals surface area contributed by atoms with Gasteiger partial charge in [0.15, 0.2) is 18.9 Å². The van der Waals surface area contributed by atoms with Crippen LogP contribution in [0.15, 0.2) is 24.3 Å². The first-order valence-corrected chi connectivity index (χ1v) is 40.1. The number of nitrogens with one attached hydrogen (secondary N) is 1. The number of allylic oxidation sites excluding steroid dienone is 4. The van der Waals surface area contributed by atoms with Crippen LogP contribution in [0.1, 0.15) is 335 Å². The number of amides is 1. The number of aliphatic hydroxyl groups is 11. The van der Waals surface area contributed by atoms with Crippen molar-refractivity contribution < 1.29 is 89.4 Å². The van der Waals surface area contributed by atoms with Gasteiger partial charge in [0.2, 0.25) is 5.91 Å². The zero-order chi connectivity index (χ0) is 70.4. The maximum atomic E-state index is 13.5. The molecule has 0 radical (unpaired) electrons. The van der Waals surface area contributed by atoms with Crippen LogP contribution in [0, 0.1) is 0 Å². The molecule has 0 aliphatic carbocycles. The van der Waals surface area contributed by atoms with Gasteiger partial charge < -0.3 is 89.9 Å². The maximum Gasteiger partial charge on any atom is 0.220 e. The molecule has 17 unspecified atom stereocenters. The van der Waals surface area contributed by atoms with E-state index in [0.717, 1.165) is 51.4 Å². The van der Waals surface area contributed by atoms with Crippen molar-refractivity contribution in [1.82, 2.24) is 5.32 Å². The Morgan fingerprint density at radius 1 is 0.371 bits per heavy atom. The molecular weight excluding hydrogens is 1240 g/mol. The van der Waals surface area contributed by atoms with E-state index in [9.17, 15) is 61.0 Å². The van der Waals surface area contributed by atoms with Crippen LogP contribution in [0.3, 0.4) is 0 Å². The van der Waals surface area contributed by atoms with E-state index in [-0.39, 0.29) is 18.9 Å². The molecule has 0 aromatic rings. The zero-order valence-electron chi connectivity index (χ0n) is 61.1. The highest BCUT2D eigenvalue weighted by molar-refractivity contribution is 5.76. The smallest absolute Gasteiger partial charge is 0.220 e. The van der Waals surface area contributed by atoms with Crippen molar-refractivity contribution in [2.75, 3.05) is 26.4 Å². The average Bonchev–Trinajstić information content (AvgIpc) is 0.789. The van der Waals surface area contributed by atoms with Crippen LogP contribution in [0.25, 0.3) is 0 Å². The maximum absolute atomic E-state index is 13.5. The second-order valence-corrected chi connectivity index (χ2v) is 28.9. The molecule has 0 saturated carbocycles. The summed E-state index contributed by atoms with van der Waals surface area (Å²) in [4.78, 5) is 13.5. The predicted molar refractivity (Wildman–Crippen MR) is 383 cm³/mol. The summed E-state index contributed by atoms with van der Waals surface area (Å²) in [6, 6.07) is -0.884. The number of carbonyl (C=O) groups excluding carboxylic acids is 1. The normalized spacial score (nSPS) is 27.0. The number of hydrogen-bond acceptors (Lipinski definition) is 18. The van der Waals surface area contributed by atoms with E-state index >= 15 is 0 Å². The molecule has 3 aliphatic rings. The SMILES string of the molecule is CCCCCCC/C=C\C/C=C\CCCCCCCCCCCCCCCCCCCCCCCCCCCC(=O)NC(COC1OC(CO)C(OC2OC(CO)C(OC3OC(CO)C(O)C(O)C3O)C(O)C2O)C(O)C1O)C(O)CCCCCCCCCCCCCCCCC. The molecule has 572 valence electrons. The molecular formula is C78H147NO18. The summed E-state index contributed by atoms with van der Waals surface area (Å²) in [6.45, 7) is 1.83. The number of hydrogen-bond donors (Lipinski definition) is 12. The van der Waals surface area contributed by atoms with Gasteiger partial charge in [-0.05, 0) is 44.9 Å². The lowest BCUT2D eigenvalue weighted by Crippen LogP contribution is -2.66. The van der Waals surface area contributed by atoms with E-state index < -0.39 is 124 Å². The molecule has 0 aromatic heterocycles. The lowest BCUT2D eigenvalue weighted by molar-refractivity contribution is -0.379. The van der Waals surface area contributed by atoms with Gasteiger partial charge >= 0.3 is 0 Å². The van der Waals surface area contributed by atoms with Gasteiger partial charge in [-0.2, -0.15) is 0 Å². The van der Waals surface area contributed by atoms with Crippen LogP contribution in [-0.2, 0) is 33.2 Å². The second kappa shape index (κ2) is 59.6. The van der Waals surface area contributed by atoms with Crippen molar-refractivity contribution >= 4 is 5.91 Å². The van der Waals surface area contributed by atoms with Gasteiger partial charge in [0.05, 0.1) is 38.6 Å². The molecule has 1 amide bonds. The molecule has 0 spiro atoms. The monoisotopic (exact) mass is 1390 g/mol. The molecule has 0 aromatic carbocycles. The summed E-state index contributed by atoms with van der Waals surface area (Å²) in [5.74, 6) is -0.236. The van der Waals surface area contributed by atoms with Gasteiger partial charge in [-0.15, -0.1) is 0 Å². The van der Waals surface area contributed by atoms with E-state index in [0.29, 0.717) is 12.8 Å².